The van der Waals surface area contributed by atoms with Gasteiger partial charge in [0.2, 0.25) is 0 Å². The average molecular weight is 1110 g/mol. The molecule has 0 heterocycles. The first-order valence-corrected chi connectivity index (χ1v) is 29.1. The van der Waals surface area contributed by atoms with Crippen LogP contribution in [0, 0.1) is 0 Å². The van der Waals surface area contributed by atoms with Crippen LogP contribution in [-0.4, -0.2) is 8.07 Å². The van der Waals surface area contributed by atoms with E-state index in [0.717, 1.165) is 51.4 Å². The van der Waals surface area contributed by atoms with E-state index in [0.29, 0.717) is 0 Å². The molecule has 5 heteroatoms. The molecule has 0 unspecified atom stereocenters. The van der Waals surface area contributed by atoms with E-state index in [9.17, 15) is 0 Å². The van der Waals surface area contributed by atoms with Crippen molar-refractivity contribution >= 4 is 23.6 Å². The Labute approximate surface area is 488 Å². The quantitative estimate of drug-likeness (QED) is 0.0774. The van der Waals surface area contributed by atoms with Gasteiger partial charge in [-0.15, -0.1) is 0 Å². The second-order valence-electron chi connectivity index (χ2n) is 20.3. The summed E-state index contributed by atoms with van der Waals surface area (Å²) in [6.45, 7) is 0. The molecule has 10 aromatic rings. The van der Waals surface area contributed by atoms with Crippen LogP contribution in [0.2, 0.25) is 0 Å². The van der Waals surface area contributed by atoms with Crippen LogP contribution >= 0.6 is 0 Å². The number of benzene rings is 10. The van der Waals surface area contributed by atoms with E-state index < -0.39 is 8.07 Å². The topological polar surface area (TPSA) is 0 Å². The molecule has 0 spiro atoms. The van der Waals surface area contributed by atoms with Crippen LogP contribution in [0.5, 0.6) is 0 Å². The van der Waals surface area contributed by atoms with E-state index in [-0.39, 0.29) is 37.2 Å². The van der Waals surface area contributed by atoms with Crippen LogP contribution in [0.15, 0.2) is 288 Å². The van der Waals surface area contributed by atoms with Gasteiger partial charge in [-0.2, -0.15) is 0 Å². The second-order valence-corrected chi connectivity index (χ2v) is 25.0. The number of halogens is 3. The Morgan fingerprint density at radius 3 is 0.688 bits per heavy atom. The van der Waals surface area contributed by atoms with Crippen LogP contribution < -0.4 is 52.8 Å². The van der Waals surface area contributed by atoms with Crippen LogP contribution in [0.4, 0.5) is 0 Å². The molecule has 77 heavy (non-hydrogen) atoms. The molecule has 1 aliphatic rings. The summed E-state index contributed by atoms with van der Waals surface area (Å²) in [7, 11) is -3.35. The molecule has 0 atom stereocenters. The zero-order valence-corrected chi connectivity index (χ0v) is 48.1. The van der Waals surface area contributed by atoms with Gasteiger partial charge >= 0.3 is 455 Å². The first-order chi connectivity index (χ1) is 36.5. The maximum atomic E-state index is 2.66. The van der Waals surface area contributed by atoms with Crippen LogP contribution in [0.1, 0.15) is 78.7 Å². The fraction of sp³-hybridized carbons (Fsp3) is 0.111. The van der Waals surface area contributed by atoms with E-state index in [2.05, 4.69) is 293 Å². The maximum absolute atomic E-state index is 3.35. The Kier molecular flexibility index (Phi) is 20.0. The fourth-order valence-corrected chi connectivity index (χ4v) is 18.3. The van der Waals surface area contributed by atoms with Crippen molar-refractivity contribution in [2.45, 2.75) is 51.4 Å². The molecule has 0 bridgehead atoms. The molecule has 0 aromatic heterocycles. The molecule has 10 aromatic carbocycles. The molecule has 0 nitrogen and oxygen atoms in total. The molecule has 0 amide bonds. The normalized spacial score (nSPS) is 12.0. The average Bonchev–Trinajstić information content (AvgIpc) is 3.79. The Bertz CT molecular complexity index is 3040. The number of allylic oxidation sites excluding steroid dienone is 4. The van der Waals surface area contributed by atoms with Crippen LogP contribution in [-0.2, 0) is 65.4 Å². The molecule has 0 saturated heterocycles. The molecule has 11 rings (SSSR count). The van der Waals surface area contributed by atoms with Gasteiger partial charge in [0.15, 0.2) is 0 Å². The van der Waals surface area contributed by atoms with Crippen LogP contribution in [0.3, 0.4) is 0 Å². The summed E-state index contributed by atoms with van der Waals surface area (Å²) in [4.78, 5) is 0. The van der Waals surface area contributed by atoms with Crippen molar-refractivity contribution in [3.8, 4) is 0 Å². The zero-order valence-electron chi connectivity index (χ0n) is 43.3. The summed E-state index contributed by atoms with van der Waals surface area (Å²) in [5, 5.41) is 5.93. The molecule has 0 fully saturated rings. The van der Waals surface area contributed by atoms with Crippen molar-refractivity contribution in [1.82, 2.24) is 0 Å². The molecule has 378 valence electrons. The van der Waals surface area contributed by atoms with E-state index in [4.69, 9.17) is 0 Å². The number of hydrogen-bond acceptors (Lipinski definition) is 0. The molecular weight excluding hydrogens is 1050 g/mol. The van der Waals surface area contributed by atoms with Gasteiger partial charge in [-0.25, -0.2) is 0 Å². The minimum absolute atomic E-state index is 0. The first kappa shape index (κ1) is 56.7. The molecule has 1 aliphatic carbocycles. The van der Waals surface area contributed by atoms with Crippen molar-refractivity contribution in [3.05, 3.63) is 360 Å². The third-order valence-electron chi connectivity index (χ3n) is 14.8. The summed E-state index contributed by atoms with van der Waals surface area (Å²) in [6.07, 6.45) is 9.53. The first-order valence-electron chi connectivity index (χ1n) is 26.3. The minimum atomic E-state index is -3.35. The summed E-state index contributed by atoms with van der Waals surface area (Å²) in [5.41, 5.74) is 18.9. The monoisotopic (exact) mass is 1110 g/mol. The van der Waals surface area contributed by atoms with Crippen molar-refractivity contribution in [3.63, 3.8) is 0 Å². The number of rotatable bonds is 18. The number of hydrogen-bond donors (Lipinski definition) is 0. The second kappa shape index (κ2) is 27.2. The van der Waals surface area contributed by atoms with E-state index in [1.165, 1.54) is 97.3 Å². The molecule has 0 aliphatic heterocycles. The van der Waals surface area contributed by atoms with Crippen molar-refractivity contribution in [1.29, 1.82) is 0 Å². The van der Waals surface area contributed by atoms with E-state index in [1.54, 1.807) is 5.20 Å². The Morgan fingerprint density at radius 2 is 0.468 bits per heavy atom. The van der Waals surface area contributed by atoms with Crippen molar-refractivity contribution < 1.29 is 57.7 Å². The summed E-state index contributed by atoms with van der Waals surface area (Å²) in [5.74, 6) is 0. The van der Waals surface area contributed by atoms with Gasteiger partial charge < -0.3 is 37.2 Å². The molecule has 0 radical (unpaired) electrons. The van der Waals surface area contributed by atoms with Gasteiger partial charge in [0.25, 0.3) is 0 Å². The van der Waals surface area contributed by atoms with Gasteiger partial charge in [0.05, 0.1) is 0 Å². The van der Waals surface area contributed by atoms with Crippen molar-refractivity contribution in [2.24, 2.45) is 0 Å². The summed E-state index contributed by atoms with van der Waals surface area (Å²) >= 11 is 2.46. The molecule has 0 N–H and O–H groups in total. The van der Waals surface area contributed by atoms with Gasteiger partial charge in [-0.1, -0.05) is 0 Å². The molecular formula is C72H61Cl3SiTi. The zero-order chi connectivity index (χ0) is 49.9. The van der Waals surface area contributed by atoms with Gasteiger partial charge in [-0.3, -0.25) is 0 Å². The fourth-order valence-electron chi connectivity index (χ4n) is 11.5. The molecule has 0 saturated carbocycles. The summed E-state index contributed by atoms with van der Waals surface area (Å²) < 4.78 is 1.48. The van der Waals surface area contributed by atoms with E-state index in [1.807, 2.05) is 0 Å². The van der Waals surface area contributed by atoms with Crippen LogP contribution in [0.25, 0.3) is 0 Å². The third-order valence-corrected chi connectivity index (χ3v) is 20.7. The van der Waals surface area contributed by atoms with Gasteiger partial charge in [0, 0.05) is 0 Å². The predicted octanol–water partition coefficient (Wildman–Crippen LogP) is 5.63. The van der Waals surface area contributed by atoms with Gasteiger partial charge in [0.1, 0.15) is 0 Å². The SMILES string of the molecule is [Cl-].[Cl-].[Cl-].[Ti+3][C]1=C([Si](c2cc(Cc3ccccc3)cc(Cc3ccccc3)c2)(c2cc(Cc3ccccc3)cc(Cc3ccccc3)c2)c2cc(Cc3ccccc3)cc(Cc3ccccc3)c2)C(Cc2ccccc2)=CC1. The van der Waals surface area contributed by atoms with E-state index >= 15 is 0 Å². The van der Waals surface area contributed by atoms with Gasteiger partial charge in [-0.05, 0) is 0 Å². The predicted molar refractivity (Wildman–Crippen MR) is 309 cm³/mol. The Morgan fingerprint density at radius 1 is 0.260 bits per heavy atom. The third kappa shape index (κ3) is 14.0. The Balaban J connectivity index is 0.00000261. The van der Waals surface area contributed by atoms with Crippen molar-refractivity contribution in [2.75, 3.05) is 0 Å². The Hall–Kier alpha value is -6.52. The standard InChI is InChI=1S/C72H61Si.3ClH.Ti/c1-8-23-55(24-9-1)39-62-45-63(40-56-25-10-2-11-26-56)50-69(49-62)73(72-38-22-37-68(72)48-61-35-20-7-21-36-61,70-51-64(41-57-27-12-3-13-28-57)46-65(52-70)42-58-29-14-4-15-30-58)71-53-66(43-59-31-16-5-17-32-59)47-67(54-71)44-60-33-18-6-19-34-60;;;;/h1-21,23-37,45-47,49-54H,22,39-44,48H2;3*1H;/q;;;;+3/p-3. The summed E-state index contributed by atoms with van der Waals surface area (Å²) in [6, 6.07) is 101.